The van der Waals surface area contributed by atoms with Gasteiger partial charge in [0.25, 0.3) is 0 Å². The standard InChI is InChI=1S/C16H23NO3S/c1-3-4-5-7-10-14(17-16(18)20-2)13-21(19)15-11-8-6-9-12-15/h6-12,14H,3-5,13H2,1-2H3,(H,17,18)/b10-7-/t14-,21?/m1/s1. The molecule has 0 radical (unpaired) electrons. The summed E-state index contributed by atoms with van der Waals surface area (Å²) in [5.41, 5.74) is 0. The van der Waals surface area contributed by atoms with Crippen LogP contribution in [0.1, 0.15) is 26.2 Å². The largest absolute Gasteiger partial charge is 0.453 e. The first-order chi connectivity index (χ1) is 10.2. The molecule has 116 valence electrons. The van der Waals surface area contributed by atoms with E-state index in [2.05, 4.69) is 17.0 Å². The highest BCUT2D eigenvalue weighted by Crippen LogP contribution is 2.08. The smallest absolute Gasteiger partial charge is 0.407 e. The van der Waals surface area contributed by atoms with Gasteiger partial charge >= 0.3 is 6.09 Å². The second kappa shape index (κ2) is 10.2. The molecule has 0 aromatic heterocycles. The molecule has 0 saturated carbocycles. The summed E-state index contributed by atoms with van der Waals surface area (Å²) in [5, 5.41) is 2.70. The minimum Gasteiger partial charge on any atom is -0.453 e. The van der Waals surface area contributed by atoms with Crippen LogP contribution < -0.4 is 5.32 Å². The van der Waals surface area contributed by atoms with Crippen molar-refractivity contribution in [3.63, 3.8) is 0 Å². The predicted molar refractivity (Wildman–Crippen MR) is 85.7 cm³/mol. The molecule has 0 aliphatic heterocycles. The summed E-state index contributed by atoms with van der Waals surface area (Å²) in [6.45, 7) is 2.13. The molecule has 0 bridgehead atoms. The Morgan fingerprint density at radius 1 is 1.38 bits per heavy atom. The third kappa shape index (κ3) is 7.09. The number of hydrogen-bond donors (Lipinski definition) is 1. The van der Waals surface area contributed by atoms with Gasteiger partial charge in [-0.3, -0.25) is 4.21 Å². The number of allylic oxidation sites excluding steroid dienone is 1. The fourth-order valence-electron chi connectivity index (χ4n) is 1.77. The first kappa shape index (κ1) is 17.4. The van der Waals surface area contributed by atoms with Crippen LogP contribution in [0.25, 0.3) is 0 Å². The first-order valence-corrected chi connectivity index (χ1v) is 8.43. The Morgan fingerprint density at radius 2 is 2.10 bits per heavy atom. The summed E-state index contributed by atoms with van der Waals surface area (Å²) in [5.74, 6) is 0.335. The number of methoxy groups -OCH3 is 1. The van der Waals surface area contributed by atoms with Gasteiger partial charge in [0.1, 0.15) is 0 Å². The van der Waals surface area contributed by atoms with E-state index in [1.165, 1.54) is 7.11 Å². The highest BCUT2D eigenvalue weighted by atomic mass is 32.2. The van der Waals surface area contributed by atoms with Gasteiger partial charge in [-0.1, -0.05) is 50.1 Å². The minimum atomic E-state index is -1.16. The molecule has 5 heteroatoms. The number of carbonyl (C=O) groups is 1. The van der Waals surface area contributed by atoms with Gasteiger partial charge < -0.3 is 10.1 Å². The molecule has 4 nitrogen and oxygen atoms in total. The van der Waals surface area contributed by atoms with E-state index in [4.69, 9.17) is 0 Å². The molecule has 0 spiro atoms. The lowest BCUT2D eigenvalue weighted by atomic mass is 10.2. The van der Waals surface area contributed by atoms with Crippen LogP contribution in [0.3, 0.4) is 0 Å². The molecule has 21 heavy (non-hydrogen) atoms. The molecule has 0 fully saturated rings. The molecule has 1 amide bonds. The maximum Gasteiger partial charge on any atom is 0.407 e. The molecule has 0 aliphatic carbocycles. The van der Waals surface area contributed by atoms with E-state index in [9.17, 15) is 9.00 Å². The van der Waals surface area contributed by atoms with Gasteiger partial charge in [-0.25, -0.2) is 4.79 Å². The van der Waals surface area contributed by atoms with Crippen molar-refractivity contribution in [2.45, 2.75) is 37.1 Å². The molecule has 0 saturated heterocycles. The lowest BCUT2D eigenvalue weighted by molar-refractivity contribution is 0.169. The molecular formula is C16H23NO3S. The Labute approximate surface area is 129 Å². The van der Waals surface area contributed by atoms with Crippen molar-refractivity contribution in [3.05, 3.63) is 42.5 Å². The lowest BCUT2D eigenvalue weighted by Gasteiger charge is -2.14. The second-order valence-electron chi connectivity index (χ2n) is 4.64. The summed E-state index contributed by atoms with van der Waals surface area (Å²) in [6, 6.07) is 8.95. The second-order valence-corrected chi connectivity index (χ2v) is 6.13. The Kier molecular flexibility index (Phi) is 8.43. The van der Waals surface area contributed by atoms with Gasteiger partial charge in [0.2, 0.25) is 0 Å². The van der Waals surface area contributed by atoms with Crippen molar-refractivity contribution >= 4 is 16.9 Å². The SMILES string of the molecule is CCCC/C=C\[C@H](CS(=O)c1ccccc1)NC(=O)OC. The zero-order chi connectivity index (χ0) is 15.5. The van der Waals surface area contributed by atoms with Crippen LogP contribution in [0.2, 0.25) is 0 Å². The zero-order valence-corrected chi connectivity index (χ0v) is 13.4. The van der Waals surface area contributed by atoms with Gasteiger partial charge in [-0.2, -0.15) is 0 Å². The van der Waals surface area contributed by atoms with E-state index in [1.54, 1.807) is 0 Å². The summed E-state index contributed by atoms with van der Waals surface area (Å²) in [4.78, 5) is 12.1. The third-order valence-corrected chi connectivity index (χ3v) is 4.38. The average molecular weight is 309 g/mol. The lowest BCUT2D eigenvalue weighted by Crippen LogP contribution is -2.37. The summed E-state index contributed by atoms with van der Waals surface area (Å²) < 4.78 is 16.9. The number of hydrogen-bond acceptors (Lipinski definition) is 3. The van der Waals surface area contributed by atoms with Crippen molar-refractivity contribution in [3.8, 4) is 0 Å². The van der Waals surface area contributed by atoms with Crippen molar-refractivity contribution < 1.29 is 13.7 Å². The topological polar surface area (TPSA) is 55.4 Å². The maximum absolute atomic E-state index is 12.3. The van der Waals surface area contributed by atoms with E-state index < -0.39 is 16.9 Å². The molecule has 0 aliphatic rings. The summed E-state index contributed by atoms with van der Waals surface area (Å²) >= 11 is 0. The molecule has 1 rings (SSSR count). The van der Waals surface area contributed by atoms with Crippen LogP contribution >= 0.6 is 0 Å². The molecule has 1 aromatic carbocycles. The molecule has 1 unspecified atom stereocenters. The number of rotatable bonds is 8. The van der Waals surface area contributed by atoms with Crippen LogP contribution in [0, 0.1) is 0 Å². The highest BCUT2D eigenvalue weighted by Gasteiger charge is 2.14. The molecule has 1 aromatic rings. The Morgan fingerprint density at radius 3 is 2.71 bits per heavy atom. The van der Waals surface area contributed by atoms with Crippen LogP contribution in [0.15, 0.2) is 47.4 Å². The number of benzene rings is 1. The van der Waals surface area contributed by atoms with Gasteiger partial charge in [-0.15, -0.1) is 0 Å². The van der Waals surface area contributed by atoms with Crippen LogP contribution in [-0.4, -0.2) is 29.2 Å². The fraction of sp³-hybridized carbons (Fsp3) is 0.438. The van der Waals surface area contributed by atoms with Crippen molar-refractivity contribution in [2.24, 2.45) is 0 Å². The third-order valence-electron chi connectivity index (χ3n) is 2.92. The number of carbonyl (C=O) groups excluding carboxylic acids is 1. The number of amides is 1. The van der Waals surface area contributed by atoms with Gasteiger partial charge in [0.15, 0.2) is 0 Å². The predicted octanol–water partition coefficient (Wildman–Crippen LogP) is 3.27. The van der Waals surface area contributed by atoms with E-state index in [-0.39, 0.29) is 6.04 Å². The normalized spacial score (nSPS) is 13.8. The van der Waals surface area contributed by atoms with E-state index in [0.717, 1.165) is 24.2 Å². The molecule has 2 atom stereocenters. The van der Waals surface area contributed by atoms with Crippen molar-refractivity contribution in [2.75, 3.05) is 12.9 Å². The van der Waals surface area contributed by atoms with E-state index in [0.29, 0.717) is 5.75 Å². The van der Waals surface area contributed by atoms with Crippen molar-refractivity contribution in [1.29, 1.82) is 0 Å². The highest BCUT2D eigenvalue weighted by molar-refractivity contribution is 7.85. The van der Waals surface area contributed by atoms with Crippen LogP contribution in [-0.2, 0) is 15.5 Å². The monoisotopic (exact) mass is 309 g/mol. The fourth-order valence-corrected chi connectivity index (χ4v) is 2.94. The van der Waals surface area contributed by atoms with Gasteiger partial charge in [0, 0.05) is 4.90 Å². The molecule has 0 heterocycles. The van der Waals surface area contributed by atoms with Crippen molar-refractivity contribution in [1.82, 2.24) is 5.32 Å². The quantitative estimate of drug-likeness (QED) is 0.592. The van der Waals surface area contributed by atoms with Gasteiger partial charge in [0.05, 0.1) is 29.7 Å². The minimum absolute atomic E-state index is 0.296. The Hall–Kier alpha value is -1.62. The van der Waals surface area contributed by atoms with Crippen LogP contribution in [0.5, 0.6) is 0 Å². The van der Waals surface area contributed by atoms with E-state index >= 15 is 0 Å². The van der Waals surface area contributed by atoms with Gasteiger partial charge in [-0.05, 0) is 18.6 Å². The number of ether oxygens (including phenoxy) is 1. The zero-order valence-electron chi connectivity index (χ0n) is 12.6. The first-order valence-electron chi connectivity index (χ1n) is 7.12. The number of alkyl carbamates (subject to hydrolysis) is 1. The maximum atomic E-state index is 12.3. The number of unbranched alkanes of at least 4 members (excludes halogenated alkanes) is 2. The Bertz CT molecular complexity index is 474. The number of nitrogens with one attached hydrogen (secondary N) is 1. The Balaban J connectivity index is 2.65. The van der Waals surface area contributed by atoms with Crippen LogP contribution in [0.4, 0.5) is 4.79 Å². The summed E-state index contributed by atoms with van der Waals surface area (Å²) in [6.07, 6.45) is 6.58. The summed E-state index contributed by atoms with van der Waals surface area (Å²) in [7, 11) is 0.160. The van der Waals surface area contributed by atoms with E-state index in [1.807, 2.05) is 42.5 Å². The molecule has 1 N–H and O–H groups in total. The molecular weight excluding hydrogens is 286 g/mol. The average Bonchev–Trinajstić information content (AvgIpc) is 2.52.